The molecular formula is C18H15F3IN5O2. The molecule has 2 heterocycles. The van der Waals surface area contributed by atoms with Gasteiger partial charge in [0.15, 0.2) is 5.82 Å². The van der Waals surface area contributed by atoms with Gasteiger partial charge < -0.3 is 5.32 Å². The summed E-state index contributed by atoms with van der Waals surface area (Å²) in [7, 11) is 0. The first-order valence-electron chi connectivity index (χ1n) is 8.47. The Morgan fingerprint density at radius 2 is 1.90 bits per heavy atom. The number of aromatic nitrogens is 4. The van der Waals surface area contributed by atoms with Crippen LogP contribution in [0.1, 0.15) is 31.0 Å². The van der Waals surface area contributed by atoms with Crippen molar-refractivity contribution in [1.82, 2.24) is 20.0 Å². The molecule has 1 N–H and O–H groups in total. The number of nitrogens with zero attached hydrogens (tertiary/aromatic N) is 4. The van der Waals surface area contributed by atoms with Gasteiger partial charge in [0.05, 0.1) is 16.6 Å². The van der Waals surface area contributed by atoms with Crippen LogP contribution in [0.2, 0.25) is 0 Å². The summed E-state index contributed by atoms with van der Waals surface area (Å²) in [5.74, 6) is -0.614. The van der Waals surface area contributed by atoms with Gasteiger partial charge in [0.1, 0.15) is 10.2 Å². The molecule has 0 aliphatic carbocycles. The molecule has 0 unspecified atom stereocenters. The quantitative estimate of drug-likeness (QED) is 0.535. The molecular weight excluding hydrogens is 502 g/mol. The van der Waals surface area contributed by atoms with E-state index in [0.29, 0.717) is 9.39 Å². The third-order valence-corrected chi connectivity index (χ3v) is 4.63. The van der Waals surface area contributed by atoms with Gasteiger partial charge in [0, 0.05) is 5.39 Å². The summed E-state index contributed by atoms with van der Waals surface area (Å²) >= 11 is 1.97. The molecule has 0 atom stereocenters. The summed E-state index contributed by atoms with van der Waals surface area (Å²) in [5, 5.41) is 14.5. The number of hydrogen-bond donors (Lipinski definition) is 1. The molecule has 0 saturated carbocycles. The number of fused-ring (bicyclic) bond motifs is 1. The van der Waals surface area contributed by atoms with Crippen molar-refractivity contribution in [2.45, 2.75) is 32.5 Å². The lowest BCUT2D eigenvalue weighted by Crippen LogP contribution is -2.31. The Bertz CT molecular complexity index is 1130. The zero-order valence-electron chi connectivity index (χ0n) is 15.3. The van der Waals surface area contributed by atoms with Crippen molar-refractivity contribution >= 4 is 45.1 Å². The zero-order valence-corrected chi connectivity index (χ0v) is 17.4. The maximum absolute atomic E-state index is 13.1. The van der Waals surface area contributed by atoms with E-state index in [9.17, 15) is 22.8 Å². The SMILES string of the molecule is CC(C)c1nn(CC(=O)Nc2ccc(I)nn2)c(=O)c2ccc(C(F)(F)F)cc12. The number of alkyl halides is 3. The van der Waals surface area contributed by atoms with Gasteiger partial charge in [0.25, 0.3) is 5.56 Å². The molecule has 11 heteroatoms. The van der Waals surface area contributed by atoms with Crippen LogP contribution in [0.4, 0.5) is 19.0 Å². The van der Waals surface area contributed by atoms with Crippen LogP contribution in [0.5, 0.6) is 0 Å². The van der Waals surface area contributed by atoms with Gasteiger partial charge in [0.2, 0.25) is 5.91 Å². The summed E-state index contributed by atoms with van der Waals surface area (Å²) in [5.41, 5.74) is -1.21. The van der Waals surface area contributed by atoms with E-state index in [0.717, 1.165) is 22.9 Å². The molecule has 0 spiro atoms. The number of amides is 1. The minimum Gasteiger partial charge on any atom is -0.308 e. The minimum atomic E-state index is -4.54. The van der Waals surface area contributed by atoms with Crippen molar-refractivity contribution in [3.63, 3.8) is 0 Å². The summed E-state index contributed by atoms with van der Waals surface area (Å²) in [6, 6.07) is 6.09. The standard InChI is InChI=1S/C18H15F3IN5O2/c1-9(2)16-12-7-10(18(19,20)21)3-4-11(12)17(29)27(26-16)8-15(28)23-14-6-5-13(22)24-25-14/h3-7,9H,8H2,1-2H3,(H,23,25,28). The third-order valence-electron chi connectivity index (χ3n) is 4.06. The molecule has 2 aromatic heterocycles. The molecule has 1 amide bonds. The number of halogens is 4. The second kappa shape index (κ2) is 8.05. The lowest BCUT2D eigenvalue weighted by Gasteiger charge is -2.15. The highest BCUT2D eigenvalue weighted by Crippen LogP contribution is 2.32. The smallest absolute Gasteiger partial charge is 0.308 e. The number of rotatable bonds is 4. The highest BCUT2D eigenvalue weighted by molar-refractivity contribution is 14.1. The molecule has 0 bridgehead atoms. The average Bonchev–Trinajstić information content (AvgIpc) is 2.64. The zero-order chi connectivity index (χ0) is 21.3. The third kappa shape index (κ3) is 4.71. The minimum absolute atomic E-state index is 0.0681. The molecule has 0 aliphatic heterocycles. The molecule has 7 nitrogen and oxygen atoms in total. The van der Waals surface area contributed by atoms with Crippen molar-refractivity contribution in [3.05, 3.63) is 55.6 Å². The van der Waals surface area contributed by atoms with Gasteiger partial charge in [-0.05, 0) is 58.8 Å². The van der Waals surface area contributed by atoms with Crippen LogP contribution in [0.3, 0.4) is 0 Å². The first kappa shape index (κ1) is 21.1. The number of carbonyl (C=O) groups excluding carboxylic acids is 1. The first-order valence-corrected chi connectivity index (χ1v) is 9.55. The topological polar surface area (TPSA) is 89.8 Å². The number of benzene rings is 1. The summed E-state index contributed by atoms with van der Waals surface area (Å²) in [6.45, 7) is 3.08. The van der Waals surface area contributed by atoms with Crippen molar-refractivity contribution < 1.29 is 18.0 Å². The number of hydrogen-bond acceptors (Lipinski definition) is 5. The van der Waals surface area contributed by atoms with Gasteiger partial charge >= 0.3 is 6.18 Å². The Labute approximate surface area is 176 Å². The van der Waals surface area contributed by atoms with E-state index >= 15 is 0 Å². The van der Waals surface area contributed by atoms with Crippen molar-refractivity contribution in [2.24, 2.45) is 0 Å². The molecule has 0 radical (unpaired) electrons. The second-order valence-electron chi connectivity index (χ2n) is 6.55. The van der Waals surface area contributed by atoms with E-state index in [1.807, 2.05) is 22.6 Å². The van der Waals surface area contributed by atoms with Crippen LogP contribution in [-0.2, 0) is 17.5 Å². The monoisotopic (exact) mass is 517 g/mol. The molecule has 1 aromatic carbocycles. The maximum Gasteiger partial charge on any atom is 0.416 e. The number of carbonyl (C=O) groups is 1. The van der Waals surface area contributed by atoms with E-state index in [4.69, 9.17) is 0 Å². The highest BCUT2D eigenvalue weighted by Gasteiger charge is 2.31. The van der Waals surface area contributed by atoms with Crippen LogP contribution in [0, 0.1) is 3.70 Å². The molecule has 0 aliphatic rings. The average molecular weight is 517 g/mol. The molecule has 3 aromatic rings. The Morgan fingerprint density at radius 3 is 2.48 bits per heavy atom. The maximum atomic E-state index is 13.1. The Morgan fingerprint density at radius 1 is 1.17 bits per heavy atom. The lowest BCUT2D eigenvalue weighted by atomic mass is 10.0. The summed E-state index contributed by atoms with van der Waals surface area (Å²) < 4.78 is 40.8. The Balaban J connectivity index is 2.00. The fourth-order valence-electron chi connectivity index (χ4n) is 2.72. The van der Waals surface area contributed by atoms with Gasteiger partial charge in [-0.25, -0.2) is 4.68 Å². The van der Waals surface area contributed by atoms with Crippen LogP contribution in [-0.4, -0.2) is 25.9 Å². The van der Waals surface area contributed by atoms with Crippen LogP contribution >= 0.6 is 22.6 Å². The van der Waals surface area contributed by atoms with Crippen LogP contribution < -0.4 is 10.9 Å². The summed E-state index contributed by atoms with van der Waals surface area (Å²) in [6.07, 6.45) is -4.54. The Kier molecular flexibility index (Phi) is 5.87. The Hall–Kier alpha value is -2.57. The molecule has 152 valence electrons. The molecule has 0 saturated heterocycles. The number of anilines is 1. The first-order chi connectivity index (χ1) is 13.6. The fourth-order valence-corrected chi connectivity index (χ4v) is 3.01. The normalized spacial score (nSPS) is 11.8. The molecule has 29 heavy (non-hydrogen) atoms. The van der Waals surface area contributed by atoms with E-state index in [1.165, 1.54) is 0 Å². The van der Waals surface area contributed by atoms with Gasteiger partial charge in [-0.3, -0.25) is 9.59 Å². The van der Waals surface area contributed by atoms with Crippen LogP contribution in [0.25, 0.3) is 10.8 Å². The van der Waals surface area contributed by atoms with E-state index in [1.54, 1.807) is 26.0 Å². The lowest BCUT2D eigenvalue weighted by molar-refractivity contribution is -0.137. The van der Waals surface area contributed by atoms with E-state index < -0.39 is 29.8 Å². The van der Waals surface area contributed by atoms with Gasteiger partial charge in [-0.1, -0.05) is 13.8 Å². The fraction of sp³-hybridized carbons (Fsp3) is 0.278. The van der Waals surface area contributed by atoms with E-state index in [-0.39, 0.29) is 22.5 Å². The largest absolute Gasteiger partial charge is 0.416 e. The predicted octanol–water partition coefficient (Wildman–Crippen LogP) is 3.57. The van der Waals surface area contributed by atoms with Gasteiger partial charge in [-0.2, -0.15) is 18.3 Å². The van der Waals surface area contributed by atoms with Crippen molar-refractivity contribution in [3.8, 4) is 0 Å². The van der Waals surface area contributed by atoms with Crippen molar-refractivity contribution in [1.29, 1.82) is 0 Å². The molecule has 3 rings (SSSR count). The van der Waals surface area contributed by atoms with Crippen molar-refractivity contribution in [2.75, 3.05) is 5.32 Å². The number of nitrogens with one attached hydrogen (secondary N) is 1. The molecule has 0 fully saturated rings. The van der Waals surface area contributed by atoms with Crippen LogP contribution in [0.15, 0.2) is 35.1 Å². The van der Waals surface area contributed by atoms with E-state index in [2.05, 4.69) is 20.6 Å². The predicted molar refractivity (Wildman–Crippen MR) is 108 cm³/mol. The highest BCUT2D eigenvalue weighted by atomic mass is 127. The summed E-state index contributed by atoms with van der Waals surface area (Å²) in [4.78, 5) is 25.0. The van der Waals surface area contributed by atoms with Gasteiger partial charge in [-0.15, -0.1) is 10.2 Å². The second-order valence-corrected chi connectivity index (χ2v) is 7.66.